The number of carbonyl (C=O) groups is 1. The van der Waals surface area contributed by atoms with Gasteiger partial charge in [-0.1, -0.05) is 25.7 Å². The van der Waals surface area contributed by atoms with Crippen molar-refractivity contribution in [2.75, 3.05) is 0 Å². The second kappa shape index (κ2) is 4.35. The van der Waals surface area contributed by atoms with Crippen molar-refractivity contribution >= 4 is 6.29 Å². The fourth-order valence-electron chi connectivity index (χ4n) is 2.19. The van der Waals surface area contributed by atoms with Crippen molar-refractivity contribution in [3.8, 4) is 0 Å². The number of nitrogens with zero attached hydrogens (tertiary/aromatic N) is 2. The Labute approximate surface area is 83.1 Å². The fourth-order valence-corrected chi connectivity index (χ4v) is 2.19. The van der Waals surface area contributed by atoms with Crippen LogP contribution in [0, 0.1) is 0 Å². The first-order valence-electron chi connectivity index (χ1n) is 5.27. The molecule has 0 atom stereocenters. The van der Waals surface area contributed by atoms with Crippen molar-refractivity contribution in [3.63, 3.8) is 0 Å². The van der Waals surface area contributed by atoms with Gasteiger partial charge in [0, 0.05) is 5.92 Å². The average molecular weight is 193 g/mol. The summed E-state index contributed by atoms with van der Waals surface area (Å²) in [7, 11) is 0. The molecule has 1 heterocycles. The third kappa shape index (κ3) is 1.84. The van der Waals surface area contributed by atoms with E-state index < -0.39 is 0 Å². The van der Waals surface area contributed by atoms with Crippen LogP contribution in [-0.2, 0) is 0 Å². The van der Waals surface area contributed by atoms with Gasteiger partial charge >= 0.3 is 0 Å². The molecular formula is C10H15N3O. The summed E-state index contributed by atoms with van der Waals surface area (Å²) in [6.07, 6.45) is 8.20. The van der Waals surface area contributed by atoms with Crippen LogP contribution in [0.3, 0.4) is 0 Å². The molecule has 0 unspecified atom stereocenters. The van der Waals surface area contributed by atoms with Crippen LogP contribution in [-0.4, -0.2) is 21.7 Å². The largest absolute Gasteiger partial charge is 0.296 e. The van der Waals surface area contributed by atoms with E-state index in [9.17, 15) is 4.79 Å². The summed E-state index contributed by atoms with van der Waals surface area (Å²) in [6, 6.07) is 0. The zero-order valence-corrected chi connectivity index (χ0v) is 8.20. The maximum Gasteiger partial charge on any atom is 0.172 e. The number of aromatic amines is 1. The fraction of sp³-hybridized carbons (Fsp3) is 0.700. The molecule has 0 spiro atoms. The second-order valence-corrected chi connectivity index (χ2v) is 3.90. The summed E-state index contributed by atoms with van der Waals surface area (Å²) in [5.74, 6) is 0.441. The normalized spacial score (nSPS) is 19.1. The van der Waals surface area contributed by atoms with E-state index in [2.05, 4.69) is 15.4 Å². The Morgan fingerprint density at radius 3 is 2.50 bits per heavy atom. The van der Waals surface area contributed by atoms with E-state index >= 15 is 0 Å². The number of rotatable bonds is 2. The molecule has 0 aromatic carbocycles. The molecule has 0 radical (unpaired) electrons. The van der Waals surface area contributed by atoms with Crippen LogP contribution < -0.4 is 0 Å². The molecule has 4 heteroatoms. The lowest BCUT2D eigenvalue weighted by atomic mass is 9.95. The lowest BCUT2D eigenvalue weighted by Gasteiger charge is -2.09. The summed E-state index contributed by atoms with van der Waals surface area (Å²) in [6.45, 7) is 0. The number of H-pyrrole nitrogens is 1. The molecule has 1 aliphatic carbocycles. The molecule has 14 heavy (non-hydrogen) atoms. The molecule has 1 aromatic heterocycles. The zero-order chi connectivity index (χ0) is 9.80. The minimum absolute atomic E-state index is 0.441. The van der Waals surface area contributed by atoms with Crippen molar-refractivity contribution in [2.45, 2.75) is 44.4 Å². The van der Waals surface area contributed by atoms with Gasteiger partial charge in [-0.3, -0.25) is 4.79 Å². The van der Waals surface area contributed by atoms with Gasteiger partial charge in [0.2, 0.25) is 0 Å². The Morgan fingerprint density at radius 2 is 1.86 bits per heavy atom. The first-order valence-corrected chi connectivity index (χ1v) is 5.27. The highest BCUT2D eigenvalue weighted by molar-refractivity contribution is 5.73. The van der Waals surface area contributed by atoms with E-state index in [4.69, 9.17) is 0 Å². The summed E-state index contributed by atoms with van der Waals surface area (Å²) < 4.78 is 0. The third-order valence-electron chi connectivity index (χ3n) is 2.96. The molecule has 0 bridgehead atoms. The number of aromatic nitrogens is 3. The minimum atomic E-state index is 0.441. The van der Waals surface area contributed by atoms with E-state index in [0.717, 1.165) is 24.8 Å². The molecule has 4 nitrogen and oxygen atoms in total. The molecule has 0 amide bonds. The topological polar surface area (TPSA) is 58.6 Å². The quantitative estimate of drug-likeness (QED) is 0.577. The predicted molar refractivity (Wildman–Crippen MR) is 52.2 cm³/mol. The molecular weight excluding hydrogens is 178 g/mol. The lowest BCUT2D eigenvalue weighted by Crippen LogP contribution is -2.01. The van der Waals surface area contributed by atoms with Crippen LogP contribution in [0.5, 0.6) is 0 Å². The predicted octanol–water partition coefficient (Wildman–Crippen LogP) is 2.05. The molecule has 0 aliphatic heterocycles. The van der Waals surface area contributed by atoms with Gasteiger partial charge in [0.25, 0.3) is 0 Å². The van der Waals surface area contributed by atoms with Gasteiger partial charge < -0.3 is 0 Å². The Kier molecular flexibility index (Phi) is 2.91. The number of hydrogen-bond donors (Lipinski definition) is 1. The van der Waals surface area contributed by atoms with E-state index in [1.807, 2.05) is 0 Å². The van der Waals surface area contributed by atoms with Crippen LogP contribution in [0.15, 0.2) is 0 Å². The molecule has 1 aromatic rings. The highest BCUT2D eigenvalue weighted by Crippen LogP contribution is 2.30. The van der Waals surface area contributed by atoms with Crippen LogP contribution in [0.25, 0.3) is 0 Å². The van der Waals surface area contributed by atoms with Crippen LogP contribution >= 0.6 is 0 Å². The average Bonchev–Trinajstić information content (AvgIpc) is 2.52. The summed E-state index contributed by atoms with van der Waals surface area (Å²) in [4.78, 5) is 10.7. The van der Waals surface area contributed by atoms with E-state index in [-0.39, 0.29) is 0 Å². The van der Waals surface area contributed by atoms with Crippen LogP contribution in [0.1, 0.15) is 60.6 Å². The highest BCUT2D eigenvalue weighted by Gasteiger charge is 2.20. The number of nitrogens with one attached hydrogen (secondary N) is 1. The van der Waals surface area contributed by atoms with Gasteiger partial charge in [-0.25, -0.2) is 0 Å². The Morgan fingerprint density at radius 1 is 1.14 bits per heavy atom. The second-order valence-electron chi connectivity index (χ2n) is 3.90. The summed E-state index contributed by atoms with van der Waals surface area (Å²) >= 11 is 0. The van der Waals surface area contributed by atoms with Gasteiger partial charge in [-0.15, -0.1) is 0 Å². The van der Waals surface area contributed by atoms with Crippen molar-refractivity contribution in [2.24, 2.45) is 0 Å². The molecule has 76 valence electrons. The third-order valence-corrected chi connectivity index (χ3v) is 2.96. The van der Waals surface area contributed by atoms with E-state index in [1.165, 1.54) is 25.7 Å². The zero-order valence-electron chi connectivity index (χ0n) is 8.20. The maximum atomic E-state index is 10.7. The molecule has 1 fully saturated rings. The smallest absolute Gasteiger partial charge is 0.172 e. The standard InChI is InChI=1S/C10H15N3O/c14-7-9-10(12-13-11-9)8-5-3-1-2-4-6-8/h7-8H,1-6H2,(H,11,12,13). The van der Waals surface area contributed by atoms with Crippen molar-refractivity contribution < 1.29 is 4.79 Å². The molecule has 1 saturated carbocycles. The molecule has 2 rings (SSSR count). The highest BCUT2D eigenvalue weighted by atomic mass is 16.1. The minimum Gasteiger partial charge on any atom is -0.296 e. The van der Waals surface area contributed by atoms with Gasteiger partial charge in [0.05, 0.1) is 5.69 Å². The summed E-state index contributed by atoms with van der Waals surface area (Å²) in [5.41, 5.74) is 1.37. The number of carbonyl (C=O) groups excluding carboxylic acids is 1. The number of aldehydes is 1. The van der Waals surface area contributed by atoms with Crippen LogP contribution in [0.2, 0.25) is 0 Å². The maximum absolute atomic E-state index is 10.7. The van der Waals surface area contributed by atoms with Gasteiger partial charge in [-0.05, 0) is 12.8 Å². The molecule has 1 aliphatic rings. The van der Waals surface area contributed by atoms with Crippen molar-refractivity contribution in [1.29, 1.82) is 0 Å². The number of hydrogen-bond acceptors (Lipinski definition) is 3. The van der Waals surface area contributed by atoms with Gasteiger partial charge in [0.1, 0.15) is 5.69 Å². The van der Waals surface area contributed by atoms with Gasteiger partial charge in [-0.2, -0.15) is 15.4 Å². The molecule has 1 N–H and O–H groups in total. The first-order chi connectivity index (χ1) is 6.92. The Balaban J connectivity index is 2.15. The van der Waals surface area contributed by atoms with Crippen molar-refractivity contribution in [3.05, 3.63) is 11.4 Å². The summed E-state index contributed by atoms with van der Waals surface area (Å²) in [5, 5.41) is 10.5. The lowest BCUT2D eigenvalue weighted by molar-refractivity contribution is 0.111. The first kappa shape index (κ1) is 9.37. The van der Waals surface area contributed by atoms with Crippen molar-refractivity contribution in [1.82, 2.24) is 15.4 Å². The Hall–Kier alpha value is -1.19. The van der Waals surface area contributed by atoms with E-state index in [1.54, 1.807) is 0 Å². The monoisotopic (exact) mass is 193 g/mol. The van der Waals surface area contributed by atoms with Gasteiger partial charge in [0.15, 0.2) is 6.29 Å². The Bertz CT molecular complexity index is 300. The van der Waals surface area contributed by atoms with E-state index in [0.29, 0.717) is 11.6 Å². The SMILES string of the molecule is O=Cc1n[nH]nc1C1CCCCCC1. The van der Waals surface area contributed by atoms with Crippen LogP contribution in [0.4, 0.5) is 0 Å². The molecule has 0 saturated heterocycles.